The normalized spacial score (nSPS) is 10.8. The van der Waals surface area contributed by atoms with Crippen molar-refractivity contribution >= 4 is 10.9 Å². The first-order valence-electron chi connectivity index (χ1n) is 4.91. The fraction of sp³-hybridized carbons (Fsp3) is 0. The van der Waals surface area contributed by atoms with Crippen LogP contribution in [0.25, 0.3) is 22.2 Å². The van der Waals surface area contributed by atoms with E-state index in [-0.39, 0.29) is 5.88 Å². The molecule has 16 heavy (non-hydrogen) atoms. The molecule has 2 heterocycles. The van der Waals surface area contributed by atoms with Crippen LogP contribution < -0.4 is 0 Å². The molecule has 2 aromatic heterocycles. The Labute approximate surface area is 91.6 Å². The molecule has 4 nitrogen and oxygen atoms in total. The van der Waals surface area contributed by atoms with Gasteiger partial charge in [-0.15, -0.1) is 0 Å². The number of hydrogen-bond donors (Lipinski definition) is 2. The summed E-state index contributed by atoms with van der Waals surface area (Å²) in [6.45, 7) is 0. The summed E-state index contributed by atoms with van der Waals surface area (Å²) in [7, 11) is 0. The molecule has 4 heteroatoms. The van der Waals surface area contributed by atoms with E-state index in [2.05, 4.69) is 15.0 Å². The Morgan fingerprint density at radius 2 is 2.06 bits per heavy atom. The molecule has 0 amide bonds. The fourth-order valence-electron chi connectivity index (χ4n) is 1.73. The van der Waals surface area contributed by atoms with Gasteiger partial charge in [-0.1, -0.05) is 12.1 Å². The molecule has 0 aliphatic heterocycles. The average Bonchev–Trinajstić information content (AvgIpc) is 2.69. The van der Waals surface area contributed by atoms with Crippen LogP contribution >= 0.6 is 0 Å². The lowest BCUT2D eigenvalue weighted by molar-refractivity contribution is 0.458. The highest BCUT2D eigenvalue weighted by atomic mass is 16.3. The van der Waals surface area contributed by atoms with Gasteiger partial charge in [0.15, 0.2) is 5.88 Å². The number of nitrogens with one attached hydrogen (secondary N) is 1. The predicted molar refractivity (Wildman–Crippen MR) is 61.0 cm³/mol. The quantitative estimate of drug-likeness (QED) is 0.649. The van der Waals surface area contributed by atoms with E-state index in [0.29, 0.717) is 0 Å². The van der Waals surface area contributed by atoms with Crippen LogP contribution in [0.3, 0.4) is 0 Å². The molecule has 0 aliphatic carbocycles. The van der Waals surface area contributed by atoms with Crippen molar-refractivity contribution in [3.05, 3.63) is 42.9 Å². The van der Waals surface area contributed by atoms with Crippen molar-refractivity contribution in [3.8, 4) is 17.1 Å². The number of H-pyrrole nitrogens is 1. The van der Waals surface area contributed by atoms with E-state index < -0.39 is 0 Å². The standard InChI is InChI=1S/C12H9N3O/c16-12-6-9-2-1-8(5-11(9)15-12)10-3-4-13-7-14-10/h1-7,15-16H. The van der Waals surface area contributed by atoms with Gasteiger partial charge in [0.05, 0.1) is 5.69 Å². The van der Waals surface area contributed by atoms with Crippen LogP contribution in [0.15, 0.2) is 42.9 Å². The fourth-order valence-corrected chi connectivity index (χ4v) is 1.73. The summed E-state index contributed by atoms with van der Waals surface area (Å²) in [6, 6.07) is 9.42. The lowest BCUT2D eigenvalue weighted by atomic mass is 10.1. The van der Waals surface area contributed by atoms with Gasteiger partial charge >= 0.3 is 0 Å². The molecule has 0 aliphatic rings. The summed E-state index contributed by atoms with van der Waals surface area (Å²) in [5.74, 6) is 0.176. The van der Waals surface area contributed by atoms with Crippen molar-refractivity contribution in [2.45, 2.75) is 0 Å². The zero-order valence-electron chi connectivity index (χ0n) is 8.38. The lowest BCUT2D eigenvalue weighted by Crippen LogP contribution is -1.83. The first-order chi connectivity index (χ1) is 7.83. The molecule has 3 rings (SSSR count). The Morgan fingerprint density at radius 3 is 2.88 bits per heavy atom. The van der Waals surface area contributed by atoms with Crippen LogP contribution in [-0.4, -0.2) is 20.1 Å². The molecule has 0 fully saturated rings. The summed E-state index contributed by atoms with van der Waals surface area (Å²) in [5.41, 5.74) is 2.76. The Morgan fingerprint density at radius 1 is 1.12 bits per heavy atom. The van der Waals surface area contributed by atoms with Crippen molar-refractivity contribution in [2.24, 2.45) is 0 Å². The highest BCUT2D eigenvalue weighted by Crippen LogP contribution is 2.24. The minimum Gasteiger partial charge on any atom is -0.495 e. The van der Waals surface area contributed by atoms with Crippen LogP contribution in [0.2, 0.25) is 0 Å². The smallest absolute Gasteiger partial charge is 0.189 e. The molecule has 2 N–H and O–H groups in total. The summed E-state index contributed by atoms with van der Waals surface area (Å²) in [4.78, 5) is 10.9. The van der Waals surface area contributed by atoms with E-state index in [1.165, 1.54) is 6.33 Å². The van der Waals surface area contributed by atoms with E-state index in [0.717, 1.165) is 22.2 Å². The Bertz CT molecular complexity index is 631. The SMILES string of the molecule is Oc1cc2ccc(-c3ccncn3)cc2[nH]1. The van der Waals surface area contributed by atoms with E-state index in [1.807, 2.05) is 24.3 Å². The van der Waals surface area contributed by atoms with Crippen LogP contribution in [0.1, 0.15) is 0 Å². The molecule has 1 aromatic carbocycles. The maximum atomic E-state index is 9.34. The Kier molecular flexibility index (Phi) is 1.86. The van der Waals surface area contributed by atoms with Crippen LogP contribution in [-0.2, 0) is 0 Å². The van der Waals surface area contributed by atoms with Gasteiger partial charge in [-0.25, -0.2) is 9.97 Å². The number of aromatic nitrogens is 3. The van der Waals surface area contributed by atoms with Crippen LogP contribution in [0.4, 0.5) is 0 Å². The molecule has 0 spiro atoms. The van der Waals surface area contributed by atoms with Gasteiger partial charge in [0.2, 0.25) is 0 Å². The van der Waals surface area contributed by atoms with E-state index in [1.54, 1.807) is 12.3 Å². The number of aromatic hydroxyl groups is 1. The van der Waals surface area contributed by atoms with Gasteiger partial charge in [-0.2, -0.15) is 0 Å². The van der Waals surface area contributed by atoms with Crippen molar-refractivity contribution in [2.75, 3.05) is 0 Å². The van der Waals surface area contributed by atoms with Gasteiger partial charge in [-0.05, 0) is 12.1 Å². The first-order valence-corrected chi connectivity index (χ1v) is 4.91. The molecule has 0 saturated heterocycles. The van der Waals surface area contributed by atoms with Gasteiger partial charge in [0.25, 0.3) is 0 Å². The molecule has 3 aromatic rings. The molecule has 0 unspecified atom stereocenters. The molecule has 0 bridgehead atoms. The van der Waals surface area contributed by atoms with E-state index in [9.17, 15) is 5.11 Å². The second kappa shape index (κ2) is 3.34. The topological polar surface area (TPSA) is 61.8 Å². The maximum absolute atomic E-state index is 9.34. The number of nitrogens with zero attached hydrogens (tertiary/aromatic N) is 2. The molecule has 78 valence electrons. The van der Waals surface area contributed by atoms with E-state index in [4.69, 9.17) is 0 Å². The molecular weight excluding hydrogens is 202 g/mol. The number of hydrogen-bond acceptors (Lipinski definition) is 3. The zero-order valence-corrected chi connectivity index (χ0v) is 8.38. The summed E-state index contributed by atoms with van der Waals surface area (Å²) >= 11 is 0. The number of benzene rings is 1. The van der Waals surface area contributed by atoms with E-state index >= 15 is 0 Å². The molecule has 0 atom stereocenters. The van der Waals surface area contributed by atoms with Crippen molar-refractivity contribution in [1.82, 2.24) is 15.0 Å². The van der Waals surface area contributed by atoms with Gasteiger partial charge in [0, 0.05) is 28.7 Å². The summed E-state index contributed by atoms with van der Waals surface area (Å²) in [5, 5.41) is 10.3. The third-order valence-electron chi connectivity index (χ3n) is 2.49. The van der Waals surface area contributed by atoms with Gasteiger partial charge in [-0.3, -0.25) is 0 Å². The predicted octanol–water partition coefficient (Wildman–Crippen LogP) is 2.33. The highest BCUT2D eigenvalue weighted by molar-refractivity contribution is 5.85. The van der Waals surface area contributed by atoms with Crippen molar-refractivity contribution < 1.29 is 5.11 Å². The maximum Gasteiger partial charge on any atom is 0.189 e. The number of aromatic amines is 1. The second-order valence-electron chi connectivity index (χ2n) is 3.55. The Balaban J connectivity index is 2.18. The third kappa shape index (κ3) is 1.40. The molecular formula is C12H9N3O. The van der Waals surface area contributed by atoms with Crippen LogP contribution in [0, 0.1) is 0 Å². The average molecular weight is 211 g/mol. The Hall–Kier alpha value is -2.36. The van der Waals surface area contributed by atoms with Gasteiger partial charge < -0.3 is 10.1 Å². The highest BCUT2D eigenvalue weighted by Gasteiger charge is 2.02. The van der Waals surface area contributed by atoms with Crippen LogP contribution in [0.5, 0.6) is 5.88 Å². The minimum absolute atomic E-state index is 0.176. The molecule has 0 radical (unpaired) electrons. The first kappa shape index (κ1) is 8.91. The summed E-state index contributed by atoms with van der Waals surface area (Å²) in [6.07, 6.45) is 3.23. The molecule has 0 saturated carbocycles. The second-order valence-corrected chi connectivity index (χ2v) is 3.55. The third-order valence-corrected chi connectivity index (χ3v) is 2.49. The van der Waals surface area contributed by atoms with Gasteiger partial charge in [0.1, 0.15) is 6.33 Å². The minimum atomic E-state index is 0.176. The lowest BCUT2D eigenvalue weighted by Gasteiger charge is -1.99. The number of fused-ring (bicyclic) bond motifs is 1. The largest absolute Gasteiger partial charge is 0.495 e. The monoisotopic (exact) mass is 211 g/mol. The van der Waals surface area contributed by atoms with Crippen molar-refractivity contribution in [1.29, 1.82) is 0 Å². The zero-order chi connectivity index (χ0) is 11.0. The van der Waals surface area contributed by atoms with Crippen molar-refractivity contribution in [3.63, 3.8) is 0 Å². The summed E-state index contributed by atoms with van der Waals surface area (Å²) < 4.78 is 0. The number of rotatable bonds is 1.